The lowest BCUT2D eigenvalue weighted by atomic mass is 9.92. The van der Waals surface area contributed by atoms with Crippen molar-refractivity contribution in [1.82, 2.24) is 15.0 Å². The van der Waals surface area contributed by atoms with E-state index in [-0.39, 0.29) is 0 Å². The van der Waals surface area contributed by atoms with E-state index in [0.29, 0.717) is 17.5 Å². The lowest BCUT2D eigenvalue weighted by Crippen LogP contribution is -2.00. The molecule has 0 spiro atoms. The maximum atomic E-state index is 6.58. The Bertz CT molecular complexity index is 3960. The first-order valence-electron chi connectivity index (χ1n) is 21.5. The highest BCUT2D eigenvalue weighted by atomic mass is 32.1. The summed E-state index contributed by atoms with van der Waals surface area (Å²) in [6, 6.07) is 75.3. The first-order chi connectivity index (χ1) is 31.7. The molecule has 5 heteroatoms. The third kappa shape index (κ3) is 6.17. The van der Waals surface area contributed by atoms with Gasteiger partial charge in [0.05, 0.1) is 0 Å². The van der Waals surface area contributed by atoms with Crippen molar-refractivity contribution in [2.24, 2.45) is 0 Å². The SMILES string of the molecule is c1ccc(-c2ccc(-c3cc(-c4ccc5ccc(-c6nc(-c7ccc8ccccc8c7)nc(-c7cccc8c7sc7ccccc78)n6)cc5c4)c4c(c3)oc3ccccc34)cc2)cc1. The zero-order chi connectivity index (χ0) is 42.1. The fourth-order valence-electron chi connectivity index (χ4n) is 9.29. The maximum absolute atomic E-state index is 6.58. The second-order valence-corrected chi connectivity index (χ2v) is 17.4. The molecule has 0 unspecified atom stereocenters. The van der Waals surface area contributed by atoms with Gasteiger partial charge < -0.3 is 4.42 Å². The number of thiophene rings is 1. The molecule has 0 radical (unpaired) electrons. The number of hydrogen-bond donors (Lipinski definition) is 0. The van der Waals surface area contributed by atoms with Crippen molar-refractivity contribution in [3.8, 4) is 67.5 Å². The minimum atomic E-state index is 0.628. The summed E-state index contributed by atoms with van der Waals surface area (Å²) >= 11 is 1.78. The van der Waals surface area contributed by atoms with Crippen LogP contribution in [0.5, 0.6) is 0 Å². The van der Waals surface area contributed by atoms with E-state index < -0.39 is 0 Å². The molecule has 4 nitrogen and oxygen atoms in total. The summed E-state index contributed by atoms with van der Waals surface area (Å²) < 4.78 is 8.98. The molecule has 0 bridgehead atoms. The molecule has 0 aliphatic rings. The molecule has 0 saturated carbocycles. The molecule has 0 amide bonds. The van der Waals surface area contributed by atoms with Gasteiger partial charge in [0.2, 0.25) is 0 Å². The van der Waals surface area contributed by atoms with Crippen LogP contribution in [0, 0.1) is 0 Å². The van der Waals surface area contributed by atoms with E-state index in [2.05, 4.69) is 206 Å². The van der Waals surface area contributed by atoms with Crippen LogP contribution in [-0.4, -0.2) is 15.0 Å². The van der Waals surface area contributed by atoms with Crippen LogP contribution >= 0.6 is 11.3 Å². The van der Waals surface area contributed by atoms with Crippen molar-refractivity contribution < 1.29 is 4.42 Å². The molecular weight excluding hydrogens is 799 g/mol. The van der Waals surface area contributed by atoms with Crippen molar-refractivity contribution in [2.75, 3.05) is 0 Å². The Morgan fingerprint density at radius 1 is 0.312 bits per heavy atom. The van der Waals surface area contributed by atoms with Gasteiger partial charge in [0.1, 0.15) is 11.2 Å². The fraction of sp³-hybridized carbons (Fsp3) is 0. The number of fused-ring (bicyclic) bond motifs is 8. The number of aromatic nitrogens is 3. The predicted octanol–water partition coefficient (Wildman–Crippen LogP) is 16.4. The van der Waals surface area contributed by atoms with Gasteiger partial charge in [0.15, 0.2) is 17.5 Å². The topological polar surface area (TPSA) is 51.8 Å². The van der Waals surface area contributed by atoms with Gasteiger partial charge in [-0.25, -0.2) is 15.0 Å². The normalized spacial score (nSPS) is 11.8. The molecule has 0 atom stereocenters. The summed E-state index contributed by atoms with van der Waals surface area (Å²) in [5.41, 5.74) is 11.4. The number of furan rings is 1. The summed E-state index contributed by atoms with van der Waals surface area (Å²) in [6.07, 6.45) is 0. The predicted molar refractivity (Wildman–Crippen MR) is 268 cm³/mol. The van der Waals surface area contributed by atoms with Crippen LogP contribution in [0.25, 0.3) is 131 Å². The molecule has 0 aliphatic carbocycles. The van der Waals surface area contributed by atoms with Gasteiger partial charge in [-0.1, -0.05) is 164 Å². The van der Waals surface area contributed by atoms with Gasteiger partial charge >= 0.3 is 0 Å². The lowest BCUT2D eigenvalue weighted by Gasteiger charge is -2.12. The number of para-hydroxylation sites is 1. The van der Waals surface area contributed by atoms with Crippen LogP contribution in [0.4, 0.5) is 0 Å². The van der Waals surface area contributed by atoms with Gasteiger partial charge in [0.25, 0.3) is 0 Å². The van der Waals surface area contributed by atoms with Gasteiger partial charge in [-0.3, -0.25) is 0 Å². The van der Waals surface area contributed by atoms with E-state index in [4.69, 9.17) is 19.4 Å². The van der Waals surface area contributed by atoms with E-state index in [0.717, 1.165) is 77.0 Å². The quantitative estimate of drug-likeness (QED) is 0.167. The van der Waals surface area contributed by atoms with Gasteiger partial charge in [0, 0.05) is 47.6 Å². The molecule has 3 aromatic heterocycles. The minimum Gasteiger partial charge on any atom is -0.456 e. The molecule has 10 aromatic carbocycles. The zero-order valence-electron chi connectivity index (χ0n) is 34.4. The molecular formula is C59H35N3OS. The Labute approximate surface area is 372 Å². The molecule has 0 saturated heterocycles. The Kier molecular flexibility index (Phi) is 8.36. The third-order valence-electron chi connectivity index (χ3n) is 12.5. The molecule has 64 heavy (non-hydrogen) atoms. The average molecular weight is 834 g/mol. The van der Waals surface area contributed by atoms with Crippen molar-refractivity contribution in [3.05, 3.63) is 212 Å². The fourth-order valence-corrected chi connectivity index (χ4v) is 10.5. The van der Waals surface area contributed by atoms with Crippen molar-refractivity contribution in [1.29, 1.82) is 0 Å². The molecule has 3 heterocycles. The van der Waals surface area contributed by atoms with Crippen molar-refractivity contribution >= 4 is 75.0 Å². The van der Waals surface area contributed by atoms with Crippen LogP contribution in [-0.2, 0) is 0 Å². The van der Waals surface area contributed by atoms with Crippen molar-refractivity contribution in [2.45, 2.75) is 0 Å². The van der Waals surface area contributed by atoms with Crippen LogP contribution in [0.3, 0.4) is 0 Å². The van der Waals surface area contributed by atoms with E-state index in [9.17, 15) is 0 Å². The van der Waals surface area contributed by atoms with E-state index >= 15 is 0 Å². The highest BCUT2D eigenvalue weighted by Crippen LogP contribution is 2.43. The molecule has 0 N–H and O–H groups in total. The van der Waals surface area contributed by atoms with E-state index in [1.807, 2.05) is 6.07 Å². The Hall–Kier alpha value is -8.25. The molecule has 298 valence electrons. The number of nitrogens with zero attached hydrogens (tertiary/aromatic N) is 3. The number of rotatable bonds is 6. The summed E-state index contributed by atoms with van der Waals surface area (Å²) in [4.78, 5) is 15.7. The van der Waals surface area contributed by atoms with Gasteiger partial charge in [-0.2, -0.15) is 0 Å². The maximum Gasteiger partial charge on any atom is 0.165 e. The summed E-state index contributed by atoms with van der Waals surface area (Å²) in [5.74, 6) is 1.92. The largest absolute Gasteiger partial charge is 0.456 e. The van der Waals surface area contributed by atoms with Crippen molar-refractivity contribution in [3.63, 3.8) is 0 Å². The Morgan fingerprint density at radius 2 is 0.875 bits per heavy atom. The van der Waals surface area contributed by atoms with Gasteiger partial charge in [-0.15, -0.1) is 11.3 Å². The summed E-state index contributed by atoms with van der Waals surface area (Å²) in [5, 5.41) is 9.19. The van der Waals surface area contributed by atoms with Crippen LogP contribution in [0.1, 0.15) is 0 Å². The smallest absolute Gasteiger partial charge is 0.165 e. The van der Waals surface area contributed by atoms with Crippen LogP contribution < -0.4 is 0 Å². The highest BCUT2D eigenvalue weighted by molar-refractivity contribution is 7.26. The lowest BCUT2D eigenvalue weighted by molar-refractivity contribution is 0.669. The van der Waals surface area contributed by atoms with Crippen LogP contribution in [0.15, 0.2) is 217 Å². The number of hydrogen-bond acceptors (Lipinski definition) is 5. The second kappa shape index (κ2) is 14.7. The van der Waals surface area contributed by atoms with Gasteiger partial charge in [-0.05, 0) is 103 Å². The van der Waals surface area contributed by atoms with E-state index in [1.54, 1.807) is 11.3 Å². The standard InChI is InChI=1S/C59H35N3OS/c1-2-11-36(12-3-1)38-21-23-40(24-22-38)46-34-51(55-49-16-6-8-19-52(49)63-53(55)35-46)42-28-25-39-27-30-44(33-45(39)32-42)58-60-57(43-29-26-37-13-4-5-14-41(37)31-43)61-59(62-58)50-18-10-17-48-47-15-7-9-20-54(47)64-56(48)50/h1-35H. The monoisotopic (exact) mass is 833 g/mol. The first kappa shape index (κ1) is 36.4. The molecule has 13 rings (SSSR count). The number of benzene rings is 10. The average Bonchev–Trinajstić information content (AvgIpc) is 3.94. The van der Waals surface area contributed by atoms with E-state index in [1.165, 1.54) is 36.7 Å². The third-order valence-corrected chi connectivity index (χ3v) is 13.7. The zero-order valence-corrected chi connectivity index (χ0v) is 35.2. The molecule has 0 aliphatic heterocycles. The summed E-state index contributed by atoms with van der Waals surface area (Å²) in [6.45, 7) is 0. The van der Waals surface area contributed by atoms with Crippen LogP contribution in [0.2, 0.25) is 0 Å². The first-order valence-corrected chi connectivity index (χ1v) is 22.3. The molecule has 13 aromatic rings. The Morgan fingerprint density at radius 3 is 1.67 bits per heavy atom. The second-order valence-electron chi connectivity index (χ2n) is 16.4. The minimum absolute atomic E-state index is 0.628. The molecule has 0 fully saturated rings. The summed E-state index contributed by atoms with van der Waals surface area (Å²) in [7, 11) is 0. The highest BCUT2D eigenvalue weighted by Gasteiger charge is 2.19. The Balaban J connectivity index is 0.972.